The summed E-state index contributed by atoms with van der Waals surface area (Å²) >= 11 is 6.23. The van der Waals surface area contributed by atoms with Gasteiger partial charge in [-0.15, -0.1) is 0 Å². The van der Waals surface area contributed by atoms with Gasteiger partial charge in [0.15, 0.2) is 0 Å². The van der Waals surface area contributed by atoms with Gasteiger partial charge in [-0.05, 0) is 37.1 Å². The number of aromatic nitrogens is 1. The van der Waals surface area contributed by atoms with Crippen molar-refractivity contribution in [3.63, 3.8) is 0 Å². The summed E-state index contributed by atoms with van der Waals surface area (Å²) in [7, 11) is 0. The van der Waals surface area contributed by atoms with Crippen LogP contribution in [0.5, 0.6) is 0 Å². The number of fused-ring (bicyclic) bond motifs is 1. The van der Waals surface area contributed by atoms with Crippen molar-refractivity contribution < 1.29 is 9.53 Å². The molecule has 1 aliphatic rings. The van der Waals surface area contributed by atoms with E-state index in [0.717, 1.165) is 28.5 Å². The second kappa shape index (κ2) is 7.14. The molecule has 0 bridgehead atoms. The van der Waals surface area contributed by atoms with Gasteiger partial charge < -0.3 is 14.6 Å². The number of amides is 1. The highest BCUT2D eigenvalue weighted by Crippen LogP contribution is 2.34. The third-order valence-corrected chi connectivity index (χ3v) is 5.01. The zero-order chi connectivity index (χ0) is 18.1. The highest BCUT2D eigenvalue weighted by molar-refractivity contribution is 6.31. The Bertz CT molecular complexity index is 936. The van der Waals surface area contributed by atoms with E-state index in [9.17, 15) is 4.79 Å². The van der Waals surface area contributed by atoms with Crippen molar-refractivity contribution in [3.8, 4) is 11.1 Å². The predicted octanol–water partition coefficient (Wildman–Crippen LogP) is 4.74. The zero-order valence-electron chi connectivity index (χ0n) is 14.7. The fraction of sp³-hybridized carbons (Fsp3) is 0.286. The van der Waals surface area contributed by atoms with E-state index in [1.54, 1.807) is 0 Å². The Morgan fingerprint density at radius 1 is 1.23 bits per heavy atom. The Labute approximate surface area is 157 Å². The number of ether oxygens (including phenoxy) is 1. The lowest BCUT2D eigenvalue weighted by molar-refractivity contribution is 0.0560. The van der Waals surface area contributed by atoms with Gasteiger partial charge in [-0.3, -0.25) is 4.79 Å². The molecule has 0 unspecified atom stereocenters. The third-order valence-electron chi connectivity index (χ3n) is 4.78. The van der Waals surface area contributed by atoms with Crippen LogP contribution in [-0.4, -0.2) is 41.6 Å². The average molecular weight is 369 g/mol. The average Bonchev–Trinajstić information content (AvgIpc) is 2.88. The highest BCUT2D eigenvalue weighted by atomic mass is 35.5. The smallest absolute Gasteiger partial charge is 0.271 e. The number of hydrogen-bond donors (Lipinski definition) is 1. The molecule has 2 aromatic carbocycles. The van der Waals surface area contributed by atoms with Gasteiger partial charge in [0.1, 0.15) is 5.69 Å². The Balaban J connectivity index is 1.85. The normalized spacial score (nSPS) is 18.1. The maximum atomic E-state index is 13.4. The van der Waals surface area contributed by atoms with Crippen LogP contribution >= 0.6 is 11.6 Å². The van der Waals surface area contributed by atoms with Crippen LogP contribution in [0, 0.1) is 0 Å². The molecule has 1 N–H and O–H groups in total. The largest absolute Gasteiger partial charge is 0.377 e. The molecule has 3 aromatic rings. The lowest BCUT2D eigenvalue weighted by Crippen LogP contribution is -2.36. The molecule has 0 aliphatic carbocycles. The fourth-order valence-electron chi connectivity index (χ4n) is 3.57. The topological polar surface area (TPSA) is 45.3 Å². The number of halogens is 1. The molecule has 0 radical (unpaired) electrons. The third kappa shape index (κ3) is 3.22. The molecule has 1 amide bonds. The second-order valence-electron chi connectivity index (χ2n) is 6.72. The SMILES string of the molecule is C[C@H]1CN(C(=O)c2[nH]c3ccc(Cl)cc3c2-c2ccccc2)CCCO1. The number of H-pyrrole nitrogens is 1. The molecule has 0 spiro atoms. The van der Waals surface area contributed by atoms with E-state index < -0.39 is 0 Å². The van der Waals surface area contributed by atoms with Crippen LogP contribution in [0.15, 0.2) is 48.5 Å². The molecular weight excluding hydrogens is 348 g/mol. The van der Waals surface area contributed by atoms with Crippen molar-refractivity contribution in [3.05, 3.63) is 59.2 Å². The van der Waals surface area contributed by atoms with Crippen molar-refractivity contribution in [1.29, 1.82) is 0 Å². The predicted molar refractivity (Wildman–Crippen MR) is 105 cm³/mol. The molecule has 1 saturated heterocycles. The molecule has 4 nitrogen and oxygen atoms in total. The van der Waals surface area contributed by atoms with E-state index in [4.69, 9.17) is 16.3 Å². The van der Waals surface area contributed by atoms with E-state index >= 15 is 0 Å². The minimum Gasteiger partial charge on any atom is -0.377 e. The number of nitrogens with one attached hydrogen (secondary N) is 1. The molecule has 134 valence electrons. The van der Waals surface area contributed by atoms with Gasteiger partial charge in [-0.2, -0.15) is 0 Å². The molecule has 1 fully saturated rings. The zero-order valence-corrected chi connectivity index (χ0v) is 15.4. The summed E-state index contributed by atoms with van der Waals surface area (Å²) < 4.78 is 5.69. The Morgan fingerprint density at radius 3 is 2.85 bits per heavy atom. The number of aromatic amines is 1. The van der Waals surface area contributed by atoms with Crippen LogP contribution in [-0.2, 0) is 4.74 Å². The van der Waals surface area contributed by atoms with Crippen LogP contribution in [0.4, 0.5) is 0 Å². The fourth-order valence-corrected chi connectivity index (χ4v) is 3.74. The molecule has 1 atom stereocenters. The van der Waals surface area contributed by atoms with Crippen LogP contribution in [0.2, 0.25) is 5.02 Å². The molecule has 0 saturated carbocycles. The minimum absolute atomic E-state index is 0.00789. The van der Waals surface area contributed by atoms with Gasteiger partial charge in [0.05, 0.1) is 6.10 Å². The molecule has 1 aliphatic heterocycles. The first-order valence-corrected chi connectivity index (χ1v) is 9.29. The summed E-state index contributed by atoms with van der Waals surface area (Å²) in [6.07, 6.45) is 0.892. The number of carbonyl (C=O) groups excluding carboxylic acids is 1. The summed E-state index contributed by atoms with van der Waals surface area (Å²) in [6.45, 7) is 4.00. The van der Waals surface area contributed by atoms with Crippen molar-refractivity contribution in [2.24, 2.45) is 0 Å². The van der Waals surface area contributed by atoms with Crippen LogP contribution in [0.25, 0.3) is 22.0 Å². The standard InChI is InChI=1S/C21H21ClN2O2/c1-14-13-24(10-5-11-26-14)21(25)20-19(15-6-3-2-4-7-15)17-12-16(22)8-9-18(17)23-20/h2-4,6-9,12,14,23H,5,10-11,13H2,1H3/t14-/m0/s1. The Hall–Kier alpha value is -2.30. The number of carbonyl (C=O) groups is 1. The van der Waals surface area contributed by atoms with Crippen molar-refractivity contribution in [1.82, 2.24) is 9.88 Å². The summed E-state index contributed by atoms with van der Waals surface area (Å²) in [4.78, 5) is 18.6. The second-order valence-corrected chi connectivity index (χ2v) is 7.15. The summed E-state index contributed by atoms with van der Waals surface area (Å²) in [5.41, 5.74) is 3.44. The van der Waals surface area contributed by atoms with Crippen molar-refractivity contribution >= 4 is 28.4 Å². The Morgan fingerprint density at radius 2 is 2.04 bits per heavy atom. The summed E-state index contributed by atoms with van der Waals surface area (Å²) in [6, 6.07) is 15.7. The van der Waals surface area contributed by atoms with Gasteiger partial charge in [-0.25, -0.2) is 0 Å². The lowest BCUT2D eigenvalue weighted by atomic mass is 10.0. The molecule has 1 aromatic heterocycles. The quantitative estimate of drug-likeness (QED) is 0.710. The number of benzene rings is 2. The van der Waals surface area contributed by atoms with Gasteiger partial charge in [-0.1, -0.05) is 41.9 Å². The summed E-state index contributed by atoms with van der Waals surface area (Å²) in [5, 5.41) is 1.62. The van der Waals surface area contributed by atoms with Crippen LogP contribution < -0.4 is 0 Å². The molecule has 2 heterocycles. The lowest BCUT2D eigenvalue weighted by Gasteiger charge is -2.22. The van der Waals surface area contributed by atoms with Crippen LogP contribution in [0.3, 0.4) is 0 Å². The molecule has 5 heteroatoms. The maximum absolute atomic E-state index is 13.4. The van der Waals surface area contributed by atoms with E-state index in [1.165, 1.54) is 0 Å². The van der Waals surface area contributed by atoms with E-state index in [0.29, 0.717) is 30.4 Å². The number of rotatable bonds is 2. The highest BCUT2D eigenvalue weighted by Gasteiger charge is 2.26. The summed E-state index contributed by atoms with van der Waals surface area (Å²) in [5.74, 6) is 0.00789. The monoisotopic (exact) mass is 368 g/mol. The number of nitrogens with zero attached hydrogens (tertiary/aromatic N) is 1. The van der Waals surface area contributed by atoms with Gasteiger partial charge in [0.25, 0.3) is 5.91 Å². The Kier molecular flexibility index (Phi) is 4.70. The minimum atomic E-state index is 0.00789. The first kappa shape index (κ1) is 17.1. The van der Waals surface area contributed by atoms with Crippen molar-refractivity contribution in [2.45, 2.75) is 19.4 Å². The van der Waals surface area contributed by atoms with E-state index in [-0.39, 0.29) is 12.0 Å². The van der Waals surface area contributed by atoms with Gasteiger partial charge in [0, 0.05) is 41.2 Å². The van der Waals surface area contributed by atoms with Gasteiger partial charge >= 0.3 is 0 Å². The van der Waals surface area contributed by atoms with Crippen LogP contribution in [0.1, 0.15) is 23.8 Å². The molecule has 26 heavy (non-hydrogen) atoms. The van der Waals surface area contributed by atoms with E-state index in [2.05, 4.69) is 4.98 Å². The molecule has 4 rings (SSSR count). The first-order chi connectivity index (χ1) is 12.6. The first-order valence-electron chi connectivity index (χ1n) is 8.91. The van der Waals surface area contributed by atoms with Gasteiger partial charge in [0.2, 0.25) is 0 Å². The van der Waals surface area contributed by atoms with E-state index in [1.807, 2.05) is 60.4 Å². The molecular formula is C21H21ClN2O2. The van der Waals surface area contributed by atoms with Crippen molar-refractivity contribution in [2.75, 3.05) is 19.7 Å². The maximum Gasteiger partial charge on any atom is 0.271 e. The number of hydrogen-bond acceptors (Lipinski definition) is 2.